The molecule has 2 heteroatoms. The second-order valence-corrected chi connectivity index (χ2v) is 5.71. The van der Waals surface area contributed by atoms with Gasteiger partial charge in [0.15, 0.2) is 0 Å². The summed E-state index contributed by atoms with van der Waals surface area (Å²) in [4.78, 5) is 3.32. The molecule has 0 aliphatic heterocycles. The Balaban J connectivity index is 2.65. The highest BCUT2D eigenvalue weighted by Gasteiger charge is 2.27. The fraction of sp³-hybridized carbons (Fsp3) is 0.429. The second-order valence-electron chi connectivity index (χ2n) is 5.27. The van der Waals surface area contributed by atoms with E-state index < -0.39 is 0 Å². The molecule has 0 aliphatic rings. The quantitative estimate of drug-likeness (QED) is 0.773. The molecule has 2 rings (SSSR count). The van der Waals surface area contributed by atoms with E-state index in [1.807, 2.05) is 18.2 Å². The lowest BCUT2D eigenvalue weighted by Crippen LogP contribution is -2.23. The van der Waals surface area contributed by atoms with Gasteiger partial charge in [-0.05, 0) is 35.1 Å². The van der Waals surface area contributed by atoms with Gasteiger partial charge in [0, 0.05) is 22.1 Å². The summed E-state index contributed by atoms with van der Waals surface area (Å²) in [6, 6.07) is 6.01. The number of aromatic amines is 1. The van der Waals surface area contributed by atoms with Crippen LogP contribution in [-0.2, 0) is 5.41 Å². The van der Waals surface area contributed by atoms with Crippen molar-refractivity contribution in [3.05, 3.63) is 35.0 Å². The molecule has 16 heavy (non-hydrogen) atoms. The first-order valence-corrected chi connectivity index (χ1v) is 6.08. The first-order chi connectivity index (χ1) is 7.43. The Hall–Kier alpha value is -0.950. The molecule has 0 amide bonds. The van der Waals surface area contributed by atoms with Crippen LogP contribution >= 0.6 is 11.6 Å². The number of fused-ring (bicyclic) bond motifs is 1. The predicted molar refractivity (Wildman–Crippen MR) is 71.2 cm³/mol. The zero-order chi connectivity index (χ0) is 11.9. The Morgan fingerprint density at radius 2 is 1.94 bits per heavy atom. The van der Waals surface area contributed by atoms with Crippen LogP contribution in [0.25, 0.3) is 10.9 Å². The van der Waals surface area contributed by atoms with Crippen molar-refractivity contribution in [2.24, 2.45) is 5.92 Å². The highest BCUT2D eigenvalue weighted by atomic mass is 35.5. The van der Waals surface area contributed by atoms with Crippen molar-refractivity contribution >= 4 is 22.5 Å². The number of hydrogen-bond donors (Lipinski definition) is 1. The third kappa shape index (κ3) is 1.73. The molecule has 1 aromatic heterocycles. The minimum absolute atomic E-state index is 0.156. The SMILES string of the molecule is CC(C)C(C)(C)c1c[nH]c2ccc(Cl)cc12. The first-order valence-electron chi connectivity index (χ1n) is 5.70. The largest absolute Gasteiger partial charge is 0.361 e. The van der Waals surface area contributed by atoms with Crippen LogP contribution in [-0.4, -0.2) is 4.98 Å². The van der Waals surface area contributed by atoms with Crippen LogP contribution < -0.4 is 0 Å². The fourth-order valence-corrected chi connectivity index (χ4v) is 2.11. The maximum Gasteiger partial charge on any atom is 0.0458 e. The summed E-state index contributed by atoms with van der Waals surface area (Å²) in [5.74, 6) is 0.588. The second kappa shape index (κ2) is 3.81. The highest BCUT2D eigenvalue weighted by molar-refractivity contribution is 6.31. The highest BCUT2D eigenvalue weighted by Crippen LogP contribution is 2.36. The van der Waals surface area contributed by atoms with E-state index in [-0.39, 0.29) is 5.41 Å². The Labute approximate surface area is 102 Å². The fourth-order valence-electron chi connectivity index (χ4n) is 1.94. The molecule has 1 N–H and O–H groups in total. The number of aromatic nitrogens is 1. The number of benzene rings is 1. The molecule has 2 aromatic rings. The minimum Gasteiger partial charge on any atom is -0.361 e. The number of rotatable bonds is 2. The van der Waals surface area contributed by atoms with E-state index in [0.717, 1.165) is 10.5 Å². The van der Waals surface area contributed by atoms with Crippen LogP contribution in [0.3, 0.4) is 0 Å². The van der Waals surface area contributed by atoms with Gasteiger partial charge in [0.1, 0.15) is 0 Å². The lowest BCUT2D eigenvalue weighted by molar-refractivity contribution is 0.375. The van der Waals surface area contributed by atoms with Crippen molar-refractivity contribution in [2.45, 2.75) is 33.1 Å². The zero-order valence-electron chi connectivity index (χ0n) is 10.3. The normalized spacial score (nSPS) is 12.6. The van der Waals surface area contributed by atoms with E-state index in [0.29, 0.717) is 5.92 Å². The summed E-state index contributed by atoms with van der Waals surface area (Å²) in [5, 5.41) is 2.04. The van der Waals surface area contributed by atoms with Gasteiger partial charge in [0.25, 0.3) is 0 Å². The first kappa shape index (κ1) is 11.5. The number of H-pyrrole nitrogens is 1. The van der Waals surface area contributed by atoms with Gasteiger partial charge >= 0.3 is 0 Å². The molecule has 0 bridgehead atoms. The van der Waals surface area contributed by atoms with Crippen molar-refractivity contribution in [3.8, 4) is 0 Å². The summed E-state index contributed by atoms with van der Waals surface area (Å²) < 4.78 is 0. The molecule has 0 spiro atoms. The van der Waals surface area contributed by atoms with Gasteiger partial charge < -0.3 is 4.98 Å². The molecule has 1 nitrogen and oxygen atoms in total. The van der Waals surface area contributed by atoms with Crippen LogP contribution in [0.1, 0.15) is 33.3 Å². The molecule has 0 fully saturated rings. The molecular formula is C14H18ClN. The van der Waals surface area contributed by atoms with Gasteiger partial charge in [-0.25, -0.2) is 0 Å². The molecule has 0 saturated heterocycles. The summed E-state index contributed by atoms with van der Waals surface area (Å²) in [7, 11) is 0. The maximum atomic E-state index is 6.06. The Morgan fingerprint density at radius 3 is 2.56 bits per heavy atom. The zero-order valence-corrected chi connectivity index (χ0v) is 11.0. The summed E-state index contributed by atoms with van der Waals surface area (Å²) in [6.45, 7) is 9.06. The van der Waals surface area contributed by atoms with Crippen molar-refractivity contribution in [3.63, 3.8) is 0 Å². The van der Waals surface area contributed by atoms with Crippen molar-refractivity contribution in [1.82, 2.24) is 4.98 Å². The molecule has 0 aliphatic carbocycles. The Bertz CT molecular complexity index is 508. The molecule has 0 unspecified atom stereocenters. The maximum absolute atomic E-state index is 6.06. The summed E-state index contributed by atoms with van der Waals surface area (Å²) >= 11 is 6.06. The van der Waals surface area contributed by atoms with Crippen LogP contribution in [0.15, 0.2) is 24.4 Å². The summed E-state index contributed by atoms with van der Waals surface area (Å²) in [6.07, 6.45) is 2.11. The van der Waals surface area contributed by atoms with Crippen molar-refractivity contribution in [2.75, 3.05) is 0 Å². The van der Waals surface area contributed by atoms with Gasteiger partial charge in [-0.1, -0.05) is 39.3 Å². The average molecular weight is 236 g/mol. The standard InChI is InChI=1S/C14H18ClN/c1-9(2)14(3,4)12-8-16-13-6-5-10(15)7-11(12)13/h5-9,16H,1-4H3. The van der Waals surface area contributed by atoms with Gasteiger partial charge in [-0.15, -0.1) is 0 Å². The van der Waals surface area contributed by atoms with Gasteiger partial charge in [-0.3, -0.25) is 0 Å². The van der Waals surface area contributed by atoms with Crippen LogP contribution in [0.5, 0.6) is 0 Å². The Morgan fingerprint density at radius 1 is 1.25 bits per heavy atom. The minimum atomic E-state index is 0.156. The average Bonchev–Trinajstić information content (AvgIpc) is 2.60. The van der Waals surface area contributed by atoms with E-state index in [2.05, 4.69) is 38.9 Å². The topological polar surface area (TPSA) is 15.8 Å². The lowest BCUT2D eigenvalue weighted by atomic mass is 9.75. The van der Waals surface area contributed by atoms with E-state index in [4.69, 9.17) is 11.6 Å². The lowest BCUT2D eigenvalue weighted by Gasteiger charge is -2.29. The summed E-state index contributed by atoms with van der Waals surface area (Å²) in [5.41, 5.74) is 2.66. The van der Waals surface area contributed by atoms with E-state index in [1.165, 1.54) is 10.9 Å². The number of hydrogen-bond acceptors (Lipinski definition) is 0. The van der Waals surface area contributed by atoms with Crippen molar-refractivity contribution in [1.29, 1.82) is 0 Å². The number of halogens is 1. The molecule has 86 valence electrons. The smallest absolute Gasteiger partial charge is 0.0458 e. The number of nitrogens with one attached hydrogen (secondary N) is 1. The molecule has 0 saturated carbocycles. The third-order valence-electron chi connectivity index (χ3n) is 3.78. The monoisotopic (exact) mass is 235 g/mol. The molecular weight excluding hydrogens is 218 g/mol. The molecule has 1 aromatic carbocycles. The third-order valence-corrected chi connectivity index (χ3v) is 4.02. The van der Waals surface area contributed by atoms with Crippen LogP contribution in [0.4, 0.5) is 0 Å². The molecule has 0 radical (unpaired) electrons. The van der Waals surface area contributed by atoms with Gasteiger partial charge in [-0.2, -0.15) is 0 Å². The van der Waals surface area contributed by atoms with E-state index >= 15 is 0 Å². The van der Waals surface area contributed by atoms with Crippen LogP contribution in [0, 0.1) is 5.92 Å². The van der Waals surface area contributed by atoms with Gasteiger partial charge in [0.05, 0.1) is 0 Å². The Kier molecular flexibility index (Phi) is 2.75. The van der Waals surface area contributed by atoms with Crippen LogP contribution in [0.2, 0.25) is 5.02 Å². The van der Waals surface area contributed by atoms with E-state index in [9.17, 15) is 0 Å². The molecule has 0 atom stereocenters. The van der Waals surface area contributed by atoms with E-state index in [1.54, 1.807) is 0 Å². The van der Waals surface area contributed by atoms with Gasteiger partial charge in [0.2, 0.25) is 0 Å². The van der Waals surface area contributed by atoms with Crippen molar-refractivity contribution < 1.29 is 0 Å². The molecule has 1 heterocycles. The predicted octanol–water partition coefficient (Wildman–Crippen LogP) is 4.75.